The summed E-state index contributed by atoms with van der Waals surface area (Å²) in [5, 5.41) is 18.3. The van der Waals surface area contributed by atoms with Gasteiger partial charge in [0.1, 0.15) is 11.9 Å². The van der Waals surface area contributed by atoms with Crippen LogP contribution in [-0.4, -0.2) is 15.8 Å². The van der Waals surface area contributed by atoms with Gasteiger partial charge >= 0.3 is 6.03 Å². The third-order valence-corrected chi connectivity index (χ3v) is 3.51. The molecular weight excluding hydrogens is 321 g/mol. The summed E-state index contributed by atoms with van der Waals surface area (Å²) in [5.41, 5.74) is 2.16. The fraction of sp³-hybridized carbons (Fsp3) is 0.0556. The van der Waals surface area contributed by atoms with E-state index in [1.807, 2.05) is 42.6 Å². The molecule has 2 N–H and O–H groups in total. The second-order valence-corrected chi connectivity index (χ2v) is 5.23. The summed E-state index contributed by atoms with van der Waals surface area (Å²) in [6.45, 7) is 0.314. The standard InChI is InChI=1S/C18H14FN5O/c19-15-4-7-17(14(10-15)11-20)23-18(25)21-12-13-2-5-16(6-3-13)24-9-1-8-22-24/h1-10H,12H2,(H2,21,23,25). The second-order valence-electron chi connectivity index (χ2n) is 5.23. The van der Waals surface area contributed by atoms with E-state index in [9.17, 15) is 9.18 Å². The molecule has 0 spiro atoms. The number of benzene rings is 2. The van der Waals surface area contributed by atoms with Crippen LogP contribution >= 0.6 is 0 Å². The Morgan fingerprint density at radius 2 is 2.04 bits per heavy atom. The maximum atomic E-state index is 13.1. The predicted molar refractivity (Wildman–Crippen MR) is 90.5 cm³/mol. The monoisotopic (exact) mass is 335 g/mol. The van der Waals surface area contributed by atoms with Crippen molar-refractivity contribution in [3.63, 3.8) is 0 Å². The van der Waals surface area contributed by atoms with Crippen molar-refractivity contribution >= 4 is 11.7 Å². The maximum absolute atomic E-state index is 13.1. The molecule has 1 heterocycles. The Labute approximate surface area is 143 Å². The van der Waals surface area contributed by atoms with Gasteiger partial charge in [-0.2, -0.15) is 10.4 Å². The summed E-state index contributed by atoms with van der Waals surface area (Å²) in [7, 11) is 0. The molecule has 0 aliphatic rings. The molecule has 0 fully saturated rings. The van der Waals surface area contributed by atoms with Crippen LogP contribution in [0, 0.1) is 17.1 Å². The first-order valence-electron chi connectivity index (χ1n) is 7.49. The third-order valence-electron chi connectivity index (χ3n) is 3.51. The lowest BCUT2D eigenvalue weighted by Gasteiger charge is -2.09. The first-order chi connectivity index (χ1) is 12.2. The average Bonchev–Trinajstić information content (AvgIpc) is 3.16. The van der Waals surface area contributed by atoms with Gasteiger partial charge < -0.3 is 10.6 Å². The average molecular weight is 335 g/mol. The van der Waals surface area contributed by atoms with E-state index < -0.39 is 11.8 Å². The highest BCUT2D eigenvalue weighted by Gasteiger charge is 2.07. The van der Waals surface area contributed by atoms with Crippen molar-refractivity contribution in [2.75, 3.05) is 5.32 Å². The fourth-order valence-corrected chi connectivity index (χ4v) is 2.25. The van der Waals surface area contributed by atoms with E-state index in [2.05, 4.69) is 15.7 Å². The van der Waals surface area contributed by atoms with E-state index in [4.69, 9.17) is 5.26 Å². The largest absolute Gasteiger partial charge is 0.334 e. The van der Waals surface area contributed by atoms with Gasteiger partial charge in [0.2, 0.25) is 0 Å². The van der Waals surface area contributed by atoms with E-state index in [1.54, 1.807) is 10.9 Å². The lowest BCUT2D eigenvalue weighted by molar-refractivity contribution is 0.251. The van der Waals surface area contributed by atoms with Gasteiger partial charge in [-0.1, -0.05) is 12.1 Å². The van der Waals surface area contributed by atoms with E-state index in [1.165, 1.54) is 12.1 Å². The Morgan fingerprint density at radius 1 is 1.24 bits per heavy atom. The van der Waals surface area contributed by atoms with Crippen LogP contribution in [0.1, 0.15) is 11.1 Å². The molecule has 2 aromatic carbocycles. The molecule has 0 saturated carbocycles. The van der Waals surface area contributed by atoms with Gasteiger partial charge in [-0.15, -0.1) is 0 Å². The van der Waals surface area contributed by atoms with Crippen LogP contribution in [0.15, 0.2) is 60.9 Å². The van der Waals surface area contributed by atoms with Crippen molar-refractivity contribution in [3.05, 3.63) is 77.9 Å². The lowest BCUT2D eigenvalue weighted by atomic mass is 10.2. The first-order valence-corrected chi connectivity index (χ1v) is 7.49. The molecule has 0 aliphatic heterocycles. The van der Waals surface area contributed by atoms with E-state index in [0.29, 0.717) is 6.54 Å². The van der Waals surface area contributed by atoms with Gasteiger partial charge in [-0.05, 0) is 42.0 Å². The minimum atomic E-state index is -0.528. The quantitative estimate of drug-likeness (QED) is 0.768. The highest BCUT2D eigenvalue weighted by Crippen LogP contribution is 2.16. The number of amides is 2. The fourth-order valence-electron chi connectivity index (χ4n) is 2.25. The van der Waals surface area contributed by atoms with E-state index in [-0.39, 0.29) is 11.3 Å². The molecule has 3 aromatic rings. The molecule has 2 amide bonds. The van der Waals surface area contributed by atoms with Crippen LogP contribution in [0.25, 0.3) is 5.69 Å². The molecule has 6 nitrogen and oxygen atoms in total. The zero-order chi connectivity index (χ0) is 17.6. The molecule has 0 atom stereocenters. The van der Waals surface area contributed by atoms with E-state index >= 15 is 0 Å². The van der Waals surface area contributed by atoms with Crippen LogP contribution in [0.4, 0.5) is 14.9 Å². The normalized spacial score (nSPS) is 10.1. The number of nitrogens with one attached hydrogen (secondary N) is 2. The molecule has 0 aliphatic carbocycles. The number of hydrogen-bond donors (Lipinski definition) is 2. The van der Waals surface area contributed by atoms with Crippen LogP contribution < -0.4 is 10.6 Å². The third kappa shape index (κ3) is 4.00. The van der Waals surface area contributed by atoms with Crippen molar-refractivity contribution < 1.29 is 9.18 Å². The SMILES string of the molecule is N#Cc1cc(F)ccc1NC(=O)NCc1ccc(-n2cccn2)cc1. The minimum absolute atomic E-state index is 0.0683. The molecule has 124 valence electrons. The number of rotatable bonds is 4. The first kappa shape index (κ1) is 16.2. The number of urea groups is 1. The lowest BCUT2D eigenvalue weighted by Crippen LogP contribution is -2.28. The number of anilines is 1. The van der Waals surface area contributed by atoms with Crippen molar-refractivity contribution in [1.82, 2.24) is 15.1 Å². The summed E-state index contributed by atoms with van der Waals surface area (Å²) >= 11 is 0. The molecular formula is C18H14FN5O. The van der Waals surface area contributed by atoms with Gasteiger partial charge in [0, 0.05) is 18.9 Å². The summed E-state index contributed by atoms with van der Waals surface area (Å²) < 4.78 is 14.8. The zero-order valence-corrected chi connectivity index (χ0v) is 13.1. The molecule has 0 saturated heterocycles. The maximum Gasteiger partial charge on any atom is 0.319 e. The molecule has 3 rings (SSSR count). The van der Waals surface area contributed by atoms with Gasteiger partial charge in [0.05, 0.1) is 16.9 Å². The minimum Gasteiger partial charge on any atom is -0.334 e. The number of hydrogen-bond acceptors (Lipinski definition) is 3. The number of nitriles is 1. The van der Waals surface area contributed by atoms with Crippen LogP contribution in [-0.2, 0) is 6.54 Å². The molecule has 25 heavy (non-hydrogen) atoms. The highest BCUT2D eigenvalue weighted by molar-refractivity contribution is 5.90. The Kier molecular flexibility index (Phi) is 4.72. The van der Waals surface area contributed by atoms with Crippen molar-refractivity contribution in [1.29, 1.82) is 5.26 Å². The van der Waals surface area contributed by atoms with Crippen LogP contribution in [0.5, 0.6) is 0 Å². The van der Waals surface area contributed by atoms with Gasteiger partial charge in [0.15, 0.2) is 0 Å². The smallest absolute Gasteiger partial charge is 0.319 e. The van der Waals surface area contributed by atoms with Crippen molar-refractivity contribution in [2.45, 2.75) is 6.54 Å². The second kappa shape index (κ2) is 7.27. The Balaban J connectivity index is 1.58. The molecule has 7 heteroatoms. The Bertz CT molecular complexity index is 914. The van der Waals surface area contributed by atoms with Crippen molar-refractivity contribution in [2.24, 2.45) is 0 Å². The number of carbonyl (C=O) groups excluding carboxylic acids is 1. The molecule has 0 bridgehead atoms. The van der Waals surface area contributed by atoms with E-state index in [0.717, 1.165) is 17.3 Å². The van der Waals surface area contributed by atoms with Gasteiger partial charge in [-0.3, -0.25) is 0 Å². The molecule has 0 unspecified atom stereocenters. The predicted octanol–water partition coefficient (Wildman–Crippen LogP) is 3.20. The molecule has 0 radical (unpaired) electrons. The summed E-state index contributed by atoms with van der Waals surface area (Å²) in [6.07, 6.45) is 3.54. The Hall–Kier alpha value is -3.66. The number of nitrogens with zero attached hydrogens (tertiary/aromatic N) is 3. The zero-order valence-electron chi connectivity index (χ0n) is 13.1. The van der Waals surface area contributed by atoms with Crippen molar-refractivity contribution in [3.8, 4) is 11.8 Å². The molecule has 1 aromatic heterocycles. The van der Waals surface area contributed by atoms with Crippen LogP contribution in [0.2, 0.25) is 0 Å². The van der Waals surface area contributed by atoms with Crippen LogP contribution in [0.3, 0.4) is 0 Å². The number of halogens is 1. The van der Waals surface area contributed by atoms with Gasteiger partial charge in [0.25, 0.3) is 0 Å². The summed E-state index contributed by atoms with van der Waals surface area (Å²) in [6, 6.07) is 14.4. The summed E-state index contributed by atoms with van der Waals surface area (Å²) in [4.78, 5) is 12.0. The topological polar surface area (TPSA) is 82.7 Å². The number of carbonyl (C=O) groups is 1. The highest BCUT2D eigenvalue weighted by atomic mass is 19.1. The van der Waals surface area contributed by atoms with Gasteiger partial charge in [-0.25, -0.2) is 13.9 Å². The Morgan fingerprint density at radius 3 is 2.72 bits per heavy atom. The number of aromatic nitrogens is 2. The summed E-state index contributed by atoms with van der Waals surface area (Å²) in [5.74, 6) is -0.528.